The number of likely N-dealkylation sites (N-methyl/N-ethyl adjacent to an activating group) is 1. The molecule has 0 bridgehead atoms. The third-order valence-electron chi connectivity index (χ3n) is 5.78. The number of hydrogen-bond acceptors (Lipinski definition) is 5. The maximum atomic E-state index is 13.2. The van der Waals surface area contributed by atoms with Gasteiger partial charge >= 0.3 is 0 Å². The quantitative estimate of drug-likeness (QED) is 0.570. The Morgan fingerprint density at radius 1 is 1.03 bits per heavy atom. The van der Waals surface area contributed by atoms with E-state index in [0.29, 0.717) is 40.3 Å². The number of aromatic hydroxyl groups is 1. The fourth-order valence-electron chi connectivity index (χ4n) is 3.90. The molecule has 0 spiro atoms. The lowest BCUT2D eigenvalue weighted by atomic mass is 10.1. The number of fused-ring (bicyclic) bond motifs is 1. The van der Waals surface area contributed by atoms with E-state index >= 15 is 0 Å². The molecule has 0 saturated carbocycles. The summed E-state index contributed by atoms with van der Waals surface area (Å²) in [6.07, 6.45) is 0. The van der Waals surface area contributed by atoms with Crippen LogP contribution in [0.15, 0.2) is 45.6 Å². The largest absolute Gasteiger partial charge is 0.507 e. The Hall–Kier alpha value is -3.03. The molecule has 7 heteroatoms. The summed E-state index contributed by atoms with van der Waals surface area (Å²) in [5.41, 5.74) is 0.875. The van der Waals surface area contributed by atoms with Crippen LogP contribution in [0.1, 0.15) is 11.3 Å². The predicted molar refractivity (Wildman–Crippen MR) is 113 cm³/mol. The van der Waals surface area contributed by atoms with Gasteiger partial charge in [0, 0.05) is 0 Å². The van der Waals surface area contributed by atoms with Crippen LogP contribution in [0.2, 0.25) is 0 Å². The molecule has 1 saturated heterocycles. The Kier molecular flexibility index (Phi) is 5.65. The van der Waals surface area contributed by atoms with Gasteiger partial charge in [-0.15, -0.1) is 0 Å². The number of piperazine rings is 1. The second-order valence-corrected chi connectivity index (χ2v) is 7.92. The Morgan fingerprint density at radius 2 is 1.70 bits per heavy atom. The highest BCUT2D eigenvalue weighted by Crippen LogP contribution is 2.31. The molecular formula is C23H28N2O5+2. The van der Waals surface area contributed by atoms with Crippen LogP contribution in [-0.2, 0) is 6.54 Å². The number of phenols is 1. The van der Waals surface area contributed by atoms with Crippen molar-refractivity contribution in [2.75, 3.05) is 40.3 Å². The first-order valence-corrected chi connectivity index (χ1v) is 10.2. The SMILES string of the molecule is COc1ccc(Oc2c(C)oc3c(C[NH+]4CC[NH+](C)CC4)c(O)ccc3c2=O)cc1. The average Bonchev–Trinajstić information content (AvgIpc) is 2.75. The highest BCUT2D eigenvalue weighted by molar-refractivity contribution is 5.83. The van der Waals surface area contributed by atoms with Crippen molar-refractivity contribution in [3.8, 4) is 23.0 Å². The number of quaternary nitrogens is 2. The van der Waals surface area contributed by atoms with Gasteiger partial charge in [0.05, 0.1) is 25.1 Å². The number of methoxy groups -OCH3 is 1. The summed E-state index contributed by atoms with van der Waals surface area (Å²) in [7, 11) is 3.79. The number of phenolic OH excluding ortho intramolecular Hbond substituents is 1. The first kappa shape index (κ1) is 20.3. The fourth-order valence-corrected chi connectivity index (χ4v) is 3.90. The van der Waals surface area contributed by atoms with Crippen LogP contribution in [0.3, 0.4) is 0 Å². The summed E-state index contributed by atoms with van der Waals surface area (Å²) in [6, 6.07) is 10.2. The van der Waals surface area contributed by atoms with Gasteiger partial charge in [-0.2, -0.15) is 0 Å². The van der Waals surface area contributed by atoms with Crippen LogP contribution < -0.4 is 24.7 Å². The van der Waals surface area contributed by atoms with Gasteiger partial charge in [-0.05, 0) is 43.3 Å². The van der Waals surface area contributed by atoms with Crippen molar-refractivity contribution >= 4 is 11.0 Å². The topological polar surface area (TPSA) is 77.8 Å². The molecule has 1 fully saturated rings. The van der Waals surface area contributed by atoms with Gasteiger partial charge in [0.25, 0.3) is 0 Å². The molecule has 1 aliphatic rings. The summed E-state index contributed by atoms with van der Waals surface area (Å²) in [6.45, 7) is 6.54. The molecule has 3 aromatic rings. The predicted octanol–water partition coefficient (Wildman–Crippen LogP) is 0.521. The number of benzene rings is 2. The molecule has 0 atom stereocenters. The highest BCUT2D eigenvalue weighted by atomic mass is 16.5. The van der Waals surface area contributed by atoms with Gasteiger partial charge in [-0.1, -0.05) is 0 Å². The molecule has 1 aromatic heterocycles. The van der Waals surface area contributed by atoms with E-state index in [1.54, 1.807) is 50.4 Å². The van der Waals surface area contributed by atoms with Crippen molar-refractivity contribution in [2.45, 2.75) is 13.5 Å². The van der Waals surface area contributed by atoms with Crippen molar-refractivity contribution in [3.05, 3.63) is 57.9 Å². The van der Waals surface area contributed by atoms with Gasteiger partial charge in [-0.25, -0.2) is 0 Å². The van der Waals surface area contributed by atoms with Gasteiger partial charge < -0.3 is 28.8 Å². The summed E-state index contributed by atoms with van der Waals surface area (Å²) < 4.78 is 17.0. The Balaban J connectivity index is 1.70. The van der Waals surface area contributed by atoms with Crippen molar-refractivity contribution in [2.24, 2.45) is 0 Å². The van der Waals surface area contributed by atoms with E-state index in [2.05, 4.69) is 7.05 Å². The third-order valence-corrected chi connectivity index (χ3v) is 5.78. The minimum Gasteiger partial charge on any atom is -0.507 e. The number of nitrogens with one attached hydrogen (secondary N) is 2. The lowest BCUT2D eigenvalue weighted by molar-refractivity contribution is -1.01. The number of rotatable bonds is 5. The first-order chi connectivity index (χ1) is 14.5. The third kappa shape index (κ3) is 3.99. The molecule has 3 N–H and O–H groups in total. The van der Waals surface area contributed by atoms with Gasteiger partial charge in [0.15, 0.2) is 5.58 Å². The van der Waals surface area contributed by atoms with E-state index in [4.69, 9.17) is 13.9 Å². The molecule has 30 heavy (non-hydrogen) atoms. The zero-order chi connectivity index (χ0) is 21.3. The molecule has 158 valence electrons. The summed E-state index contributed by atoms with van der Waals surface area (Å²) in [5, 5.41) is 10.9. The van der Waals surface area contributed by atoms with E-state index in [9.17, 15) is 9.90 Å². The Morgan fingerprint density at radius 3 is 2.37 bits per heavy atom. The van der Waals surface area contributed by atoms with Crippen LogP contribution in [0.5, 0.6) is 23.0 Å². The van der Waals surface area contributed by atoms with E-state index in [1.165, 1.54) is 9.80 Å². The zero-order valence-corrected chi connectivity index (χ0v) is 17.6. The van der Waals surface area contributed by atoms with Crippen LogP contribution in [0, 0.1) is 6.92 Å². The fraction of sp³-hybridized carbons (Fsp3) is 0.348. The highest BCUT2D eigenvalue weighted by Gasteiger charge is 2.25. The maximum absolute atomic E-state index is 13.2. The van der Waals surface area contributed by atoms with Crippen molar-refractivity contribution in [1.29, 1.82) is 0 Å². The average molecular weight is 412 g/mol. The zero-order valence-electron chi connectivity index (χ0n) is 17.6. The van der Waals surface area contributed by atoms with Crippen LogP contribution in [0.4, 0.5) is 0 Å². The number of ether oxygens (including phenoxy) is 2. The van der Waals surface area contributed by atoms with Gasteiger partial charge in [0.1, 0.15) is 55.7 Å². The van der Waals surface area contributed by atoms with E-state index < -0.39 is 0 Å². The van der Waals surface area contributed by atoms with Crippen LogP contribution in [-0.4, -0.2) is 45.4 Å². The second-order valence-electron chi connectivity index (χ2n) is 7.92. The molecule has 0 radical (unpaired) electrons. The minimum atomic E-state index is -0.247. The number of aryl methyl sites for hydroxylation is 1. The summed E-state index contributed by atoms with van der Waals surface area (Å²) in [4.78, 5) is 16.1. The lowest BCUT2D eigenvalue weighted by Gasteiger charge is -2.27. The van der Waals surface area contributed by atoms with E-state index in [0.717, 1.165) is 26.2 Å². The molecule has 0 aliphatic carbocycles. The molecule has 1 aliphatic heterocycles. The second kappa shape index (κ2) is 8.38. The molecule has 0 unspecified atom stereocenters. The molecule has 0 amide bonds. The summed E-state index contributed by atoms with van der Waals surface area (Å²) >= 11 is 0. The van der Waals surface area contributed by atoms with Crippen LogP contribution >= 0.6 is 0 Å². The maximum Gasteiger partial charge on any atom is 0.235 e. The van der Waals surface area contributed by atoms with E-state index in [-0.39, 0.29) is 16.9 Å². The monoisotopic (exact) mass is 412 g/mol. The van der Waals surface area contributed by atoms with Crippen molar-refractivity contribution in [3.63, 3.8) is 0 Å². The number of hydrogen-bond donors (Lipinski definition) is 3. The first-order valence-electron chi connectivity index (χ1n) is 10.2. The molecular weight excluding hydrogens is 384 g/mol. The lowest BCUT2D eigenvalue weighted by Crippen LogP contribution is -3.26. The molecule has 2 aromatic carbocycles. The van der Waals surface area contributed by atoms with Crippen molar-refractivity contribution < 1.29 is 28.8 Å². The van der Waals surface area contributed by atoms with Crippen molar-refractivity contribution in [1.82, 2.24) is 0 Å². The van der Waals surface area contributed by atoms with Crippen LogP contribution in [0.25, 0.3) is 11.0 Å². The van der Waals surface area contributed by atoms with Gasteiger partial charge in [-0.3, -0.25) is 4.79 Å². The Bertz CT molecular complexity index is 1100. The standard InChI is InChI=1S/C23H26N2O5/c1-15-22(30-17-6-4-16(28-3)5-7-17)21(27)18-8-9-20(26)19(23(18)29-15)14-25-12-10-24(2)11-13-25/h4-9,26H,10-14H2,1-3H3/p+2. The Labute approximate surface area is 175 Å². The molecule has 2 heterocycles. The summed E-state index contributed by atoms with van der Waals surface area (Å²) in [5.74, 6) is 1.92. The smallest absolute Gasteiger partial charge is 0.235 e. The molecule has 4 rings (SSSR count). The van der Waals surface area contributed by atoms with Gasteiger partial charge in [0.2, 0.25) is 11.2 Å². The van der Waals surface area contributed by atoms with E-state index in [1.807, 2.05) is 0 Å². The minimum absolute atomic E-state index is 0.153. The normalized spacial score (nSPS) is 19.0. The molecule has 7 nitrogen and oxygen atoms in total.